The number of nitro benzene ring substituents is 1. The number of amides is 1. The molecule has 0 heterocycles. The molecule has 0 fully saturated rings. The van der Waals surface area contributed by atoms with Crippen molar-refractivity contribution in [2.24, 2.45) is 0 Å². The zero-order valence-corrected chi connectivity index (χ0v) is 12.9. The summed E-state index contributed by atoms with van der Waals surface area (Å²) < 4.78 is 19.0. The fourth-order valence-corrected chi connectivity index (χ4v) is 2.07. The lowest BCUT2D eigenvalue weighted by atomic mass is 10.2. The Labute approximate surface area is 137 Å². The molecule has 2 aromatic carbocycles. The summed E-state index contributed by atoms with van der Waals surface area (Å²) in [5, 5.41) is 16.3. The number of para-hydroxylation sites is 1. The summed E-state index contributed by atoms with van der Waals surface area (Å²) in [5.41, 5.74) is 0.106. The Morgan fingerprint density at radius 1 is 1.29 bits per heavy atom. The Bertz CT molecular complexity index is 752. The van der Waals surface area contributed by atoms with Crippen LogP contribution in [0.25, 0.3) is 0 Å². The molecule has 0 saturated heterocycles. The van der Waals surface area contributed by atoms with Crippen molar-refractivity contribution in [1.82, 2.24) is 0 Å². The van der Waals surface area contributed by atoms with E-state index in [4.69, 9.17) is 4.74 Å². The maximum atomic E-state index is 13.5. The Morgan fingerprint density at radius 2 is 2.04 bits per heavy atom. The predicted molar refractivity (Wildman–Crippen MR) is 87.8 cm³/mol. The van der Waals surface area contributed by atoms with Crippen LogP contribution >= 0.6 is 0 Å². The van der Waals surface area contributed by atoms with Gasteiger partial charge in [-0.05, 0) is 24.3 Å². The van der Waals surface area contributed by atoms with E-state index in [1.165, 1.54) is 19.1 Å². The van der Waals surface area contributed by atoms with Crippen molar-refractivity contribution in [3.05, 3.63) is 58.4 Å². The van der Waals surface area contributed by atoms with E-state index >= 15 is 0 Å². The largest absolute Gasteiger partial charge is 0.492 e. The molecule has 2 N–H and O–H groups in total. The lowest BCUT2D eigenvalue weighted by molar-refractivity contribution is -0.386. The highest BCUT2D eigenvalue weighted by molar-refractivity contribution is 5.88. The number of hydrogen-bond acceptors (Lipinski definition) is 5. The van der Waals surface area contributed by atoms with Gasteiger partial charge in [-0.3, -0.25) is 14.9 Å². The average molecular weight is 333 g/mol. The third-order valence-electron chi connectivity index (χ3n) is 3.01. The minimum Gasteiger partial charge on any atom is -0.492 e. The normalized spacial score (nSPS) is 10.1. The Balaban J connectivity index is 1.91. The first-order chi connectivity index (χ1) is 11.5. The number of nitro groups is 1. The van der Waals surface area contributed by atoms with E-state index in [-0.39, 0.29) is 24.7 Å². The van der Waals surface area contributed by atoms with Crippen LogP contribution in [0, 0.1) is 15.9 Å². The summed E-state index contributed by atoms with van der Waals surface area (Å²) >= 11 is 0. The summed E-state index contributed by atoms with van der Waals surface area (Å²) in [6.45, 7) is 1.86. The molecule has 2 aromatic rings. The molecule has 0 spiro atoms. The molecule has 2 rings (SSSR count). The van der Waals surface area contributed by atoms with Crippen molar-refractivity contribution < 1.29 is 18.8 Å². The number of carbonyl (C=O) groups is 1. The van der Waals surface area contributed by atoms with Gasteiger partial charge in [0, 0.05) is 25.2 Å². The third-order valence-corrected chi connectivity index (χ3v) is 3.01. The van der Waals surface area contributed by atoms with Crippen molar-refractivity contribution in [2.45, 2.75) is 6.92 Å². The summed E-state index contributed by atoms with van der Waals surface area (Å²) in [7, 11) is 0. The van der Waals surface area contributed by atoms with E-state index < -0.39 is 16.4 Å². The van der Waals surface area contributed by atoms with Crippen LogP contribution < -0.4 is 15.4 Å². The van der Waals surface area contributed by atoms with Crippen LogP contribution in [0.2, 0.25) is 0 Å². The molecule has 126 valence electrons. The van der Waals surface area contributed by atoms with Crippen molar-refractivity contribution in [3.63, 3.8) is 0 Å². The molecule has 8 heteroatoms. The second-order valence-corrected chi connectivity index (χ2v) is 4.88. The maximum Gasteiger partial charge on any atom is 0.327 e. The van der Waals surface area contributed by atoms with Gasteiger partial charge in [0.2, 0.25) is 11.7 Å². The number of carbonyl (C=O) groups excluding carboxylic acids is 1. The van der Waals surface area contributed by atoms with Crippen LogP contribution in [0.3, 0.4) is 0 Å². The first-order valence-electron chi connectivity index (χ1n) is 7.14. The first-order valence-corrected chi connectivity index (χ1v) is 7.14. The molecule has 0 aliphatic heterocycles. The predicted octanol–water partition coefficient (Wildman–Crippen LogP) is 3.18. The monoisotopic (exact) mass is 333 g/mol. The summed E-state index contributed by atoms with van der Waals surface area (Å²) in [5.74, 6) is -0.544. The van der Waals surface area contributed by atoms with Crippen LogP contribution in [0.1, 0.15) is 6.92 Å². The Kier molecular flexibility index (Phi) is 5.67. The van der Waals surface area contributed by atoms with Crippen molar-refractivity contribution in [1.29, 1.82) is 0 Å². The standard InChI is InChI=1S/C16H16FN3O4/c1-11(21)19-12-4-2-5-13(10-12)24-9-8-18-15-7-3-6-14(17)16(15)20(22)23/h2-7,10,18H,8-9H2,1H3,(H,19,21). The summed E-state index contributed by atoms with van der Waals surface area (Å²) in [6.07, 6.45) is 0. The van der Waals surface area contributed by atoms with Gasteiger partial charge in [0.05, 0.1) is 4.92 Å². The van der Waals surface area contributed by atoms with E-state index in [1.807, 2.05) is 0 Å². The molecule has 24 heavy (non-hydrogen) atoms. The van der Waals surface area contributed by atoms with Gasteiger partial charge in [0.1, 0.15) is 18.0 Å². The number of nitrogens with one attached hydrogen (secondary N) is 2. The molecule has 0 radical (unpaired) electrons. The highest BCUT2D eigenvalue weighted by Gasteiger charge is 2.19. The molecule has 1 amide bonds. The number of ether oxygens (including phenoxy) is 1. The number of halogens is 1. The van der Waals surface area contributed by atoms with Gasteiger partial charge < -0.3 is 15.4 Å². The zero-order chi connectivity index (χ0) is 17.5. The van der Waals surface area contributed by atoms with E-state index in [9.17, 15) is 19.3 Å². The second kappa shape index (κ2) is 7.91. The van der Waals surface area contributed by atoms with Gasteiger partial charge in [0.15, 0.2) is 0 Å². The molecule has 0 aliphatic carbocycles. The molecule has 0 aromatic heterocycles. The van der Waals surface area contributed by atoms with Gasteiger partial charge in [0.25, 0.3) is 0 Å². The third kappa shape index (κ3) is 4.67. The van der Waals surface area contributed by atoms with E-state index in [0.29, 0.717) is 11.4 Å². The van der Waals surface area contributed by atoms with Gasteiger partial charge in [-0.1, -0.05) is 12.1 Å². The minimum absolute atomic E-state index is 0.0931. The molecular weight excluding hydrogens is 317 g/mol. The van der Waals surface area contributed by atoms with Crippen LogP contribution in [0.5, 0.6) is 5.75 Å². The zero-order valence-electron chi connectivity index (χ0n) is 12.9. The van der Waals surface area contributed by atoms with Crippen molar-refractivity contribution in [2.75, 3.05) is 23.8 Å². The van der Waals surface area contributed by atoms with Crippen molar-refractivity contribution >= 4 is 23.0 Å². The summed E-state index contributed by atoms with van der Waals surface area (Å²) in [4.78, 5) is 21.1. The molecule has 7 nitrogen and oxygen atoms in total. The lowest BCUT2D eigenvalue weighted by Gasteiger charge is -2.10. The van der Waals surface area contributed by atoms with Gasteiger partial charge in [-0.2, -0.15) is 4.39 Å². The Hall–Kier alpha value is -3.16. The molecule has 0 saturated carbocycles. The van der Waals surface area contributed by atoms with E-state index in [1.54, 1.807) is 24.3 Å². The number of hydrogen-bond donors (Lipinski definition) is 2. The lowest BCUT2D eigenvalue weighted by Crippen LogP contribution is -2.13. The van der Waals surface area contributed by atoms with Gasteiger partial charge in [-0.15, -0.1) is 0 Å². The molecular formula is C16H16FN3O4. The summed E-state index contributed by atoms with van der Waals surface area (Å²) in [6, 6.07) is 10.7. The minimum atomic E-state index is -0.895. The van der Waals surface area contributed by atoms with Crippen LogP contribution in [0.15, 0.2) is 42.5 Å². The number of nitrogens with zero attached hydrogens (tertiary/aromatic N) is 1. The maximum absolute atomic E-state index is 13.5. The average Bonchev–Trinajstić information content (AvgIpc) is 2.51. The molecule has 0 bridgehead atoms. The highest BCUT2D eigenvalue weighted by Crippen LogP contribution is 2.27. The number of anilines is 2. The fraction of sp³-hybridized carbons (Fsp3) is 0.188. The highest BCUT2D eigenvalue weighted by atomic mass is 19.1. The topological polar surface area (TPSA) is 93.5 Å². The number of benzene rings is 2. The molecule has 0 aliphatic rings. The van der Waals surface area contributed by atoms with Crippen LogP contribution in [0.4, 0.5) is 21.5 Å². The first kappa shape index (κ1) is 17.2. The quantitative estimate of drug-likeness (QED) is 0.461. The second-order valence-electron chi connectivity index (χ2n) is 4.88. The van der Waals surface area contributed by atoms with E-state index in [2.05, 4.69) is 10.6 Å². The van der Waals surface area contributed by atoms with Gasteiger partial charge in [-0.25, -0.2) is 0 Å². The van der Waals surface area contributed by atoms with E-state index in [0.717, 1.165) is 6.07 Å². The Morgan fingerprint density at radius 3 is 2.75 bits per heavy atom. The molecule has 0 unspecified atom stereocenters. The van der Waals surface area contributed by atoms with Crippen LogP contribution in [-0.4, -0.2) is 24.0 Å². The fourth-order valence-electron chi connectivity index (χ4n) is 2.07. The van der Waals surface area contributed by atoms with Gasteiger partial charge >= 0.3 is 5.69 Å². The molecule has 0 atom stereocenters. The smallest absolute Gasteiger partial charge is 0.327 e. The van der Waals surface area contributed by atoms with Crippen molar-refractivity contribution in [3.8, 4) is 5.75 Å². The SMILES string of the molecule is CC(=O)Nc1cccc(OCCNc2cccc(F)c2[N+](=O)[O-])c1. The number of rotatable bonds is 7. The van der Waals surface area contributed by atoms with Crippen LogP contribution in [-0.2, 0) is 4.79 Å².